The highest BCUT2D eigenvalue weighted by molar-refractivity contribution is 6.30. The third-order valence-corrected chi connectivity index (χ3v) is 5.41. The van der Waals surface area contributed by atoms with Gasteiger partial charge in [-0.15, -0.1) is 0 Å². The highest BCUT2D eigenvalue weighted by atomic mass is 35.5. The number of hydrogen-bond donors (Lipinski definition) is 1. The first-order valence-electron chi connectivity index (χ1n) is 9.91. The molecule has 3 amide bonds. The van der Waals surface area contributed by atoms with E-state index in [1.54, 1.807) is 54.4 Å². The van der Waals surface area contributed by atoms with Crippen LogP contribution < -0.4 is 19.7 Å². The van der Waals surface area contributed by atoms with Crippen molar-refractivity contribution in [2.24, 2.45) is 5.92 Å². The summed E-state index contributed by atoms with van der Waals surface area (Å²) in [6.45, 7) is 1.06. The molecular formula is C22H22ClN3O5. The van der Waals surface area contributed by atoms with Gasteiger partial charge in [-0.1, -0.05) is 17.7 Å². The zero-order valence-corrected chi connectivity index (χ0v) is 17.7. The molecule has 0 saturated carbocycles. The van der Waals surface area contributed by atoms with Crippen molar-refractivity contribution in [3.63, 3.8) is 0 Å². The molecule has 2 aliphatic rings. The molecule has 0 aliphatic carbocycles. The fourth-order valence-corrected chi connectivity index (χ4v) is 3.88. The predicted molar refractivity (Wildman–Crippen MR) is 116 cm³/mol. The van der Waals surface area contributed by atoms with Crippen molar-refractivity contribution >= 4 is 40.7 Å². The molecule has 8 nitrogen and oxygen atoms in total. The lowest BCUT2D eigenvalue weighted by atomic mass is 10.1. The Balaban J connectivity index is 1.36. The molecule has 31 heavy (non-hydrogen) atoms. The van der Waals surface area contributed by atoms with Crippen LogP contribution in [0.4, 0.5) is 11.4 Å². The number of halogens is 1. The largest absolute Gasteiger partial charge is 0.486 e. The topological polar surface area (TPSA) is 88.2 Å². The molecule has 2 aromatic carbocycles. The van der Waals surface area contributed by atoms with Crippen LogP contribution in [0.2, 0.25) is 5.02 Å². The number of carbonyl (C=O) groups is 3. The SMILES string of the molecule is CN(CC(=O)Nc1cccc(Cl)c1)C(=O)C1CC(=O)N(c2ccc3c(c2)OCCO3)C1. The maximum Gasteiger partial charge on any atom is 0.243 e. The molecule has 1 fully saturated rings. The minimum absolute atomic E-state index is 0.0908. The van der Waals surface area contributed by atoms with E-state index in [2.05, 4.69) is 5.32 Å². The summed E-state index contributed by atoms with van der Waals surface area (Å²) < 4.78 is 11.1. The molecule has 2 heterocycles. The van der Waals surface area contributed by atoms with Gasteiger partial charge in [0, 0.05) is 42.5 Å². The number of hydrogen-bond acceptors (Lipinski definition) is 5. The maximum atomic E-state index is 12.8. The second-order valence-corrected chi connectivity index (χ2v) is 7.92. The number of benzene rings is 2. The van der Waals surface area contributed by atoms with E-state index >= 15 is 0 Å². The minimum Gasteiger partial charge on any atom is -0.486 e. The van der Waals surface area contributed by atoms with Crippen LogP contribution in [0.1, 0.15) is 6.42 Å². The van der Waals surface area contributed by atoms with Gasteiger partial charge in [-0.05, 0) is 30.3 Å². The van der Waals surface area contributed by atoms with E-state index in [1.807, 2.05) is 0 Å². The number of nitrogens with zero attached hydrogens (tertiary/aromatic N) is 2. The third-order valence-electron chi connectivity index (χ3n) is 5.18. The van der Waals surface area contributed by atoms with Crippen LogP contribution in [0, 0.1) is 5.92 Å². The quantitative estimate of drug-likeness (QED) is 0.767. The zero-order chi connectivity index (χ0) is 22.0. The summed E-state index contributed by atoms with van der Waals surface area (Å²) in [5.41, 5.74) is 1.21. The van der Waals surface area contributed by atoms with Gasteiger partial charge in [0.05, 0.1) is 12.5 Å². The van der Waals surface area contributed by atoms with Gasteiger partial charge in [0.25, 0.3) is 0 Å². The Morgan fingerprint density at radius 2 is 1.94 bits per heavy atom. The van der Waals surface area contributed by atoms with E-state index in [-0.39, 0.29) is 37.2 Å². The molecule has 4 rings (SSSR count). The van der Waals surface area contributed by atoms with Crippen LogP contribution in [0.15, 0.2) is 42.5 Å². The molecule has 2 aromatic rings. The van der Waals surface area contributed by atoms with Crippen molar-refractivity contribution in [1.29, 1.82) is 0 Å². The molecule has 1 N–H and O–H groups in total. The van der Waals surface area contributed by atoms with Gasteiger partial charge in [-0.3, -0.25) is 14.4 Å². The van der Waals surface area contributed by atoms with Crippen molar-refractivity contribution in [1.82, 2.24) is 4.90 Å². The molecule has 1 saturated heterocycles. The van der Waals surface area contributed by atoms with E-state index in [0.29, 0.717) is 41.1 Å². The first-order valence-corrected chi connectivity index (χ1v) is 10.3. The molecule has 2 aliphatic heterocycles. The second kappa shape index (κ2) is 8.85. The summed E-state index contributed by atoms with van der Waals surface area (Å²) >= 11 is 5.92. The number of rotatable bonds is 5. The van der Waals surface area contributed by atoms with E-state index < -0.39 is 5.92 Å². The number of amides is 3. The Labute approximate surface area is 184 Å². The van der Waals surface area contributed by atoms with Crippen LogP contribution in [0.25, 0.3) is 0 Å². The summed E-state index contributed by atoms with van der Waals surface area (Å²) in [6.07, 6.45) is 0.0908. The van der Waals surface area contributed by atoms with E-state index in [0.717, 1.165) is 0 Å². The van der Waals surface area contributed by atoms with Gasteiger partial charge in [0.1, 0.15) is 13.2 Å². The van der Waals surface area contributed by atoms with Crippen molar-refractivity contribution in [2.75, 3.05) is 43.6 Å². The van der Waals surface area contributed by atoms with Crippen LogP contribution >= 0.6 is 11.6 Å². The average Bonchev–Trinajstić information content (AvgIpc) is 3.14. The summed E-state index contributed by atoms with van der Waals surface area (Å²) in [4.78, 5) is 40.6. The molecule has 1 unspecified atom stereocenters. The highest BCUT2D eigenvalue weighted by Crippen LogP contribution is 2.36. The van der Waals surface area contributed by atoms with Crippen molar-refractivity contribution in [3.05, 3.63) is 47.5 Å². The van der Waals surface area contributed by atoms with Crippen LogP contribution in [0.3, 0.4) is 0 Å². The fourth-order valence-electron chi connectivity index (χ4n) is 3.69. The second-order valence-electron chi connectivity index (χ2n) is 7.49. The molecule has 0 aromatic heterocycles. The number of carbonyl (C=O) groups excluding carboxylic acids is 3. The zero-order valence-electron chi connectivity index (χ0n) is 17.0. The summed E-state index contributed by atoms with van der Waals surface area (Å²) in [7, 11) is 1.55. The molecule has 0 spiro atoms. The minimum atomic E-state index is -0.523. The molecule has 9 heteroatoms. The smallest absolute Gasteiger partial charge is 0.243 e. The number of likely N-dealkylation sites (N-methyl/N-ethyl adjacent to an activating group) is 1. The average molecular weight is 444 g/mol. The van der Waals surface area contributed by atoms with Crippen LogP contribution in [-0.4, -0.2) is 56.0 Å². The lowest BCUT2D eigenvalue weighted by Crippen LogP contribution is -2.39. The van der Waals surface area contributed by atoms with Gasteiger partial charge >= 0.3 is 0 Å². The first kappa shape index (κ1) is 21.0. The molecule has 1 atom stereocenters. The summed E-state index contributed by atoms with van der Waals surface area (Å²) in [5, 5.41) is 3.22. The predicted octanol–water partition coefficient (Wildman–Crippen LogP) is 2.56. The molecule has 0 bridgehead atoms. The number of fused-ring (bicyclic) bond motifs is 1. The Hall–Kier alpha value is -3.26. The van der Waals surface area contributed by atoms with E-state index in [4.69, 9.17) is 21.1 Å². The number of anilines is 2. The Bertz CT molecular complexity index is 1030. The first-order chi connectivity index (χ1) is 14.9. The fraction of sp³-hybridized carbons (Fsp3) is 0.318. The van der Waals surface area contributed by atoms with Gasteiger partial charge < -0.3 is 24.6 Å². The van der Waals surface area contributed by atoms with E-state index in [1.165, 1.54) is 4.90 Å². The Morgan fingerprint density at radius 3 is 2.71 bits per heavy atom. The molecular weight excluding hydrogens is 422 g/mol. The van der Waals surface area contributed by atoms with Crippen molar-refractivity contribution < 1.29 is 23.9 Å². The monoisotopic (exact) mass is 443 g/mol. The standard InChI is InChI=1S/C22H22ClN3O5/c1-25(13-20(27)24-16-4-2-3-15(23)10-16)22(29)14-9-21(28)26(12-14)17-5-6-18-19(11-17)31-8-7-30-18/h2-6,10-11,14H,7-9,12-13H2,1H3,(H,24,27). The highest BCUT2D eigenvalue weighted by Gasteiger charge is 2.37. The van der Waals surface area contributed by atoms with Gasteiger partial charge in [0.2, 0.25) is 17.7 Å². The normalized spacial score (nSPS) is 17.4. The number of nitrogens with one attached hydrogen (secondary N) is 1. The Morgan fingerprint density at radius 1 is 1.16 bits per heavy atom. The van der Waals surface area contributed by atoms with Crippen molar-refractivity contribution in [2.45, 2.75) is 6.42 Å². The van der Waals surface area contributed by atoms with Gasteiger partial charge in [0.15, 0.2) is 11.5 Å². The third kappa shape index (κ3) is 4.74. The van der Waals surface area contributed by atoms with Gasteiger partial charge in [-0.2, -0.15) is 0 Å². The summed E-state index contributed by atoms with van der Waals surface area (Å²) in [6, 6.07) is 12.1. The van der Waals surface area contributed by atoms with Gasteiger partial charge in [-0.25, -0.2) is 0 Å². The summed E-state index contributed by atoms with van der Waals surface area (Å²) in [5.74, 6) is -0.0434. The van der Waals surface area contributed by atoms with E-state index in [9.17, 15) is 14.4 Å². The van der Waals surface area contributed by atoms with Crippen LogP contribution in [0.5, 0.6) is 11.5 Å². The molecule has 162 valence electrons. The van der Waals surface area contributed by atoms with Crippen molar-refractivity contribution in [3.8, 4) is 11.5 Å². The Kier molecular flexibility index (Phi) is 5.99. The number of ether oxygens (including phenoxy) is 2. The lowest BCUT2D eigenvalue weighted by Gasteiger charge is -2.23. The lowest BCUT2D eigenvalue weighted by molar-refractivity contribution is -0.137. The maximum absolute atomic E-state index is 12.8. The van der Waals surface area contributed by atoms with Crippen LogP contribution in [-0.2, 0) is 14.4 Å². The molecule has 0 radical (unpaired) electrons.